The van der Waals surface area contributed by atoms with Crippen LogP contribution < -0.4 is 0 Å². The smallest absolute Gasteiger partial charge is 0.328 e. The van der Waals surface area contributed by atoms with Gasteiger partial charge in [-0.25, -0.2) is 4.79 Å². The maximum Gasteiger partial charge on any atom is 0.328 e. The third-order valence-corrected chi connectivity index (χ3v) is 1.73. The van der Waals surface area contributed by atoms with E-state index in [1.807, 2.05) is 0 Å². The van der Waals surface area contributed by atoms with Crippen molar-refractivity contribution in [1.29, 1.82) is 0 Å². The van der Waals surface area contributed by atoms with Crippen molar-refractivity contribution in [3.05, 3.63) is 36.4 Å². The number of carbonyl (C=O) groups is 1. The molecule has 0 spiro atoms. The second-order valence-corrected chi connectivity index (χ2v) is 2.73. The van der Waals surface area contributed by atoms with Gasteiger partial charge in [0.25, 0.3) is 0 Å². The van der Waals surface area contributed by atoms with Gasteiger partial charge in [-0.3, -0.25) is 4.98 Å². The van der Waals surface area contributed by atoms with Crippen LogP contribution in [0.1, 0.15) is 5.76 Å². The summed E-state index contributed by atoms with van der Waals surface area (Å²) in [5, 5.41) is 9.32. The molecule has 2 aromatic rings. The van der Waals surface area contributed by atoms with Crippen molar-refractivity contribution in [1.82, 2.24) is 4.98 Å². The lowest BCUT2D eigenvalue weighted by Crippen LogP contribution is -1.84. The predicted octanol–water partition coefficient (Wildman–Crippen LogP) is 1.93. The average molecular weight is 189 g/mol. The van der Waals surface area contributed by atoms with Crippen LogP contribution in [0, 0.1) is 0 Å². The van der Waals surface area contributed by atoms with E-state index in [2.05, 4.69) is 4.98 Å². The van der Waals surface area contributed by atoms with Crippen LogP contribution in [0.2, 0.25) is 0 Å². The van der Waals surface area contributed by atoms with Crippen LogP contribution >= 0.6 is 0 Å². The Kier molecular flexibility index (Phi) is 2.02. The molecule has 1 N–H and O–H groups in total. The second-order valence-electron chi connectivity index (χ2n) is 2.73. The van der Waals surface area contributed by atoms with E-state index in [0.717, 1.165) is 11.5 Å². The fraction of sp³-hybridized carbons (Fsp3) is 0. The summed E-state index contributed by atoms with van der Waals surface area (Å²) < 4.78 is 5.31. The van der Waals surface area contributed by atoms with Crippen molar-refractivity contribution in [2.45, 2.75) is 0 Å². The number of fused-ring (bicyclic) bond motifs is 1. The number of hydrogen-bond donors (Lipinski definition) is 1. The molecule has 0 saturated heterocycles. The molecule has 0 aliphatic carbocycles. The van der Waals surface area contributed by atoms with Gasteiger partial charge in [-0.1, -0.05) is 0 Å². The first-order valence-corrected chi connectivity index (χ1v) is 4.00. The van der Waals surface area contributed by atoms with Gasteiger partial charge in [0.05, 0.1) is 6.20 Å². The van der Waals surface area contributed by atoms with Gasteiger partial charge in [0.15, 0.2) is 5.58 Å². The molecule has 14 heavy (non-hydrogen) atoms. The van der Waals surface area contributed by atoms with Crippen molar-refractivity contribution in [2.24, 2.45) is 0 Å². The zero-order valence-corrected chi connectivity index (χ0v) is 7.18. The van der Waals surface area contributed by atoms with Crippen LogP contribution in [-0.2, 0) is 4.79 Å². The summed E-state index contributed by atoms with van der Waals surface area (Å²) in [5.74, 6) is -0.487. The molecule has 4 nitrogen and oxygen atoms in total. The van der Waals surface area contributed by atoms with Gasteiger partial charge in [-0.2, -0.15) is 0 Å². The molecular formula is C10H7NO3. The first-order valence-electron chi connectivity index (χ1n) is 4.00. The molecule has 0 aliphatic heterocycles. The van der Waals surface area contributed by atoms with Crippen LogP contribution in [0.5, 0.6) is 0 Å². The van der Waals surface area contributed by atoms with Gasteiger partial charge in [0.1, 0.15) is 5.76 Å². The van der Waals surface area contributed by atoms with Gasteiger partial charge in [0.2, 0.25) is 0 Å². The number of nitrogens with zero attached hydrogens (tertiary/aromatic N) is 1. The lowest BCUT2D eigenvalue weighted by Gasteiger charge is -1.82. The fourth-order valence-corrected chi connectivity index (χ4v) is 1.14. The highest BCUT2D eigenvalue weighted by atomic mass is 16.4. The summed E-state index contributed by atoms with van der Waals surface area (Å²) in [7, 11) is 0. The molecular weight excluding hydrogens is 182 g/mol. The predicted molar refractivity (Wildman–Crippen MR) is 50.7 cm³/mol. The lowest BCUT2D eigenvalue weighted by atomic mass is 10.3. The molecule has 0 aromatic carbocycles. The van der Waals surface area contributed by atoms with Gasteiger partial charge >= 0.3 is 5.97 Å². The minimum Gasteiger partial charge on any atom is -0.478 e. The number of furan rings is 1. The molecule has 0 radical (unpaired) electrons. The van der Waals surface area contributed by atoms with E-state index >= 15 is 0 Å². The monoisotopic (exact) mass is 189 g/mol. The summed E-state index contributed by atoms with van der Waals surface area (Å²) in [6.07, 6.45) is 5.68. The van der Waals surface area contributed by atoms with Crippen LogP contribution in [0.25, 0.3) is 17.0 Å². The number of aromatic nitrogens is 1. The molecule has 2 heterocycles. The number of aliphatic carboxylic acids is 1. The third kappa shape index (κ3) is 1.64. The maximum absolute atomic E-state index is 10.2. The molecule has 0 fully saturated rings. The normalized spacial score (nSPS) is 11.1. The minimum atomic E-state index is -0.997. The highest BCUT2D eigenvalue weighted by Crippen LogP contribution is 2.18. The van der Waals surface area contributed by atoms with Gasteiger partial charge < -0.3 is 9.52 Å². The van der Waals surface area contributed by atoms with Crippen molar-refractivity contribution in [3.63, 3.8) is 0 Å². The van der Waals surface area contributed by atoms with E-state index < -0.39 is 5.97 Å². The van der Waals surface area contributed by atoms with Gasteiger partial charge in [0, 0.05) is 17.7 Å². The van der Waals surface area contributed by atoms with E-state index in [-0.39, 0.29) is 0 Å². The molecule has 2 aromatic heterocycles. The average Bonchev–Trinajstić information content (AvgIpc) is 2.57. The number of rotatable bonds is 2. The van der Waals surface area contributed by atoms with Crippen LogP contribution in [0.4, 0.5) is 0 Å². The fourth-order valence-electron chi connectivity index (χ4n) is 1.14. The maximum atomic E-state index is 10.2. The molecule has 4 heteroatoms. The van der Waals surface area contributed by atoms with E-state index in [0.29, 0.717) is 11.3 Å². The Hall–Kier alpha value is -2.10. The molecule has 0 bridgehead atoms. The van der Waals surface area contributed by atoms with E-state index in [4.69, 9.17) is 9.52 Å². The SMILES string of the molecule is O=C(O)C=Cc1cc2ccncc2o1. The molecule has 70 valence electrons. The Morgan fingerprint density at radius 3 is 3.14 bits per heavy atom. The van der Waals surface area contributed by atoms with Gasteiger partial charge in [-0.05, 0) is 18.2 Å². The summed E-state index contributed by atoms with van der Waals surface area (Å²) in [4.78, 5) is 14.1. The zero-order valence-electron chi connectivity index (χ0n) is 7.18. The Balaban J connectivity index is 2.40. The zero-order chi connectivity index (χ0) is 9.97. The number of carboxylic acid groups (broad SMARTS) is 1. The first kappa shape index (κ1) is 8.50. The summed E-state index contributed by atoms with van der Waals surface area (Å²) in [6, 6.07) is 3.56. The Morgan fingerprint density at radius 1 is 1.57 bits per heavy atom. The Morgan fingerprint density at radius 2 is 2.43 bits per heavy atom. The van der Waals surface area contributed by atoms with E-state index in [1.54, 1.807) is 24.5 Å². The standard InChI is InChI=1S/C10H7NO3/c12-10(13)2-1-8-5-7-3-4-11-6-9(7)14-8/h1-6H,(H,12,13). The van der Waals surface area contributed by atoms with Crippen molar-refractivity contribution < 1.29 is 14.3 Å². The minimum absolute atomic E-state index is 0.510. The molecule has 2 rings (SSSR count). The molecule has 0 atom stereocenters. The Labute approximate surface area is 79.5 Å². The lowest BCUT2D eigenvalue weighted by molar-refractivity contribution is -0.131. The van der Waals surface area contributed by atoms with E-state index in [1.165, 1.54) is 6.08 Å². The van der Waals surface area contributed by atoms with Crippen LogP contribution in [-0.4, -0.2) is 16.1 Å². The first-order chi connectivity index (χ1) is 6.75. The highest BCUT2D eigenvalue weighted by Gasteiger charge is 1.99. The van der Waals surface area contributed by atoms with E-state index in [9.17, 15) is 4.79 Å². The largest absolute Gasteiger partial charge is 0.478 e. The van der Waals surface area contributed by atoms with Crippen molar-refractivity contribution in [3.8, 4) is 0 Å². The molecule has 0 unspecified atom stereocenters. The quantitative estimate of drug-likeness (QED) is 0.733. The highest BCUT2D eigenvalue weighted by molar-refractivity contribution is 5.86. The summed E-state index contributed by atoms with van der Waals surface area (Å²) in [6.45, 7) is 0. The number of pyridine rings is 1. The van der Waals surface area contributed by atoms with Crippen molar-refractivity contribution >= 4 is 23.0 Å². The second kappa shape index (κ2) is 3.33. The third-order valence-electron chi connectivity index (χ3n) is 1.73. The topological polar surface area (TPSA) is 63.3 Å². The summed E-state index contributed by atoms with van der Waals surface area (Å²) >= 11 is 0. The molecule has 0 aliphatic rings. The van der Waals surface area contributed by atoms with Crippen LogP contribution in [0.15, 0.2) is 35.0 Å². The Bertz CT molecular complexity index is 466. The molecule has 0 amide bonds. The number of hydrogen-bond acceptors (Lipinski definition) is 3. The summed E-state index contributed by atoms with van der Waals surface area (Å²) in [5.41, 5.74) is 0.650. The molecule has 0 saturated carbocycles. The number of carboxylic acids is 1. The van der Waals surface area contributed by atoms with Gasteiger partial charge in [-0.15, -0.1) is 0 Å². The van der Waals surface area contributed by atoms with Crippen molar-refractivity contribution in [2.75, 3.05) is 0 Å². The van der Waals surface area contributed by atoms with Crippen LogP contribution in [0.3, 0.4) is 0 Å².